The zero-order chi connectivity index (χ0) is 18.8. The van der Waals surface area contributed by atoms with E-state index in [0.717, 1.165) is 18.6 Å². The Morgan fingerprint density at radius 2 is 1.96 bits per heavy atom. The van der Waals surface area contributed by atoms with Gasteiger partial charge in [-0.05, 0) is 40.0 Å². The van der Waals surface area contributed by atoms with Gasteiger partial charge in [0.05, 0.1) is 24.7 Å². The first-order valence-electron chi connectivity index (χ1n) is 9.02. The first kappa shape index (κ1) is 19.5. The maximum absolute atomic E-state index is 12.2. The van der Waals surface area contributed by atoms with Gasteiger partial charge in [0.15, 0.2) is 6.10 Å². The number of rotatable bonds is 5. The summed E-state index contributed by atoms with van der Waals surface area (Å²) in [6.07, 6.45) is 1.45. The molecular weight excluding hydrogens is 324 g/mol. The number of hydrogen-bond acceptors (Lipinski definition) is 6. The molecule has 7 nitrogen and oxygen atoms in total. The van der Waals surface area contributed by atoms with Crippen LogP contribution in [-0.4, -0.2) is 42.6 Å². The summed E-state index contributed by atoms with van der Waals surface area (Å²) in [5.74, 6) is -0.620. The first-order valence-corrected chi connectivity index (χ1v) is 9.02. The molecule has 7 heteroatoms. The van der Waals surface area contributed by atoms with Crippen LogP contribution in [0.15, 0.2) is 5.16 Å². The average Bonchev–Trinajstić information content (AvgIpc) is 3.08. The second-order valence-corrected chi connectivity index (χ2v) is 7.74. The molecule has 0 bridgehead atoms. The average molecular weight is 354 g/mol. The molecule has 0 saturated heterocycles. The summed E-state index contributed by atoms with van der Waals surface area (Å²) in [5, 5.41) is 7.20. The fourth-order valence-electron chi connectivity index (χ4n) is 3.77. The number of nitrogens with one attached hydrogen (secondary N) is 1. The van der Waals surface area contributed by atoms with E-state index in [-0.39, 0.29) is 30.0 Å². The van der Waals surface area contributed by atoms with Crippen LogP contribution in [0.3, 0.4) is 0 Å². The van der Waals surface area contributed by atoms with Gasteiger partial charge in [0, 0.05) is 12.0 Å². The van der Waals surface area contributed by atoms with Gasteiger partial charge in [0.2, 0.25) is 0 Å². The van der Waals surface area contributed by atoms with Crippen molar-refractivity contribution in [2.24, 2.45) is 22.9 Å². The van der Waals surface area contributed by atoms with Gasteiger partial charge in [-0.15, -0.1) is 0 Å². The summed E-state index contributed by atoms with van der Waals surface area (Å²) in [7, 11) is 1.36. The van der Waals surface area contributed by atoms with Crippen molar-refractivity contribution in [3.05, 3.63) is 0 Å². The smallest absolute Gasteiger partial charge is 0.407 e. The molecule has 0 spiro atoms. The summed E-state index contributed by atoms with van der Waals surface area (Å²) in [6.45, 7) is 9.66. The van der Waals surface area contributed by atoms with E-state index in [9.17, 15) is 9.59 Å². The number of alkyl carbamates (subject to hydrolysis) is 1. The highest BCUT2D eigenvalue weighted by atomic mass is 16.6. The lowest BCUT2D eigenvalue weighted by atomic mass is 9.84. The van der Waals surface area contributed by atoms with E-state index >= 15 is 0 Å². The van der Waals surface area contributed by atoms with Crippen molar-refractivity contribution in [1.82, 2.24) is 5.32 Å². The van der Waals surface area contributed by atoms with Gasteiger partial charge in [-0.25, -0.2) is 4.79 Å². The zero-order valence-corrected chi connectivity index (χ0v) is 16.0. The zero-order valence-electron chi connectivity index (χ0n) is 16.0. The van der Waals surface area contributed by atoms with E-state index in [0.29, 0.717) is 6.42 Å². The topological polar surface area (TPSA) is 86.2 Å². The molecule has 1 aliphatic carbocycles. The third-order valence-corrected chi connectivity index (χ3v) is 4.92. The van der Waals surface area contributed by atoms with E-state index in [2.05, 4.69) is 24.3 Å². The van der Waals surface area contributed by atoms with Crippen LogP contribution in [0.25, 0.3) is 0 Å². The van der Waals surface area contributed by atoms with Crippen LogP contribution < -0.4 is 5.32 Å². The number of fused-ring (bicyclic) bond motifs is 1. The SMILES string of the molecule is CCC(CC)C1=NO[C@@H]2[C@H]1[C@H](NC(=O)OC(C)(C)C)C[C@@H]2C(=O)OC. The molecular formula is C18H30N2O5. The van der Waals surface area contributed by atoms with Crippen LogP contribution in [0.2, 0.25) is 0 Å². The second-order valence-electron chi connectivity index (χ2n) is 7.74. The highest BCUT2D eigenvalue weighted by molar-refractivity contribution is 5.93. The summed E-state index contributed by atoms with van der Waals surface area (Å²) in [5.41, 5.74) is 0.352. The van der Waals surface area contributed by atoms with Crippen molar-refractivity contribution >= 4 is 17.8 Å². The van der Waals surface area contributed by atoms with Crippen molar-refractivity contribution in [3.63, 3.8) is 0 Å². The molecule has 1 saturated carbocycles. The van der Waals surface area contributed by atoms with Crippen LogP contribution in [0.5, 0.6) is 0 Å². The molecule has 2 aliphatic rings. The highest BCUT2D eigenvalue weighted by Crippen LogP contribution is 2.42. The molecule has 142 valence electrons. The summed E-state index contributed by atoms with van der Waals surface area (Å²) >= 11 is 0. The molecule has 1 N–H and O–H groups in total. The third-order valence-electron chi connectivity index (χ3n) is 4.92. The maximum Gasteiger partial charge on any atom is 0.407 e. The predicted molar refractivity (Wildman–Crippen MR) is 93.2 cm³/mol. The Balaban J connectivity index is 2.20. The minimum atomic E-state index is -0.581. The van der Waals surface area contributed by atoms with Crippen LogP contribution in [0, 0.1) is 17.8 Å². The lowest BCUT2D eigenvalue weighted by Crippen LogP contribution is -2.45. The molecule has 1 fully saturated rings. The second kappa shape index (κ2) is 7.62. The molecule has 1 aliphatic heterocycles. The number of ether oxygens (including phenoxy) is 2. The molecule has 2 rings (SSSR count). The fourth-order valence-corrected chi connectivity index (χ4v) is 3.77. The number of carbonyl (C=O) groups is 2. The predicted octanol–water partition coefficient (Wildman–Crippen LogP) is 2.88. The van der Waals surface area contributed by atoms with Crippen LogP contribution >= 0.6 is 0 Å². The summed E-state index contributed by atoms with van der Waals surface area (Å²) < 4.78 is 10.3. The molecule has 0 aromatic heterocycles. The summed E-state index contributed by atoms with van der Waals surface area (Å²) in [4.78, 5) is 30.0. The van der Waals surface area contributed by atoms with E-state index < -0.39 is 17.6 Å². The fraction of sp³-hybridized carbons (Fsp3) is 0.833. The Labute approximate surface area is 149 Å². The van der Waals surface area contributed by atoms with Crippen LogP contribution in [-0.2, 0) is 19.1 Å². The Morgan fingerprint density at radius 1 is 1.32 bits per heavy atom. The van der Waals surface area contributed by atoms with Gasteiger partial charge in [0.1, 0.15) is 5.60 Å². The maximum atomic E-state index is 12.2. The number of oxime groups is 1. The number of amides is 1. The molecule has 0 radical (unpaired) electrons. The lowest BCUT2D eigenvalue weighted by molar-refractivity contribution is -0.149. The molecule has 4 atom stereocenters. The van der Waals surface area contributed by atoms with Crippen molar-refractivity contribution < 1.29 is 23.9 Å². The van der Waals surface area contributed by atoms with E-state index in [1.165, 1.54) is 7.11 Å². The van der Waals surface area contributed by atoms with E-state index in [4.69, 9.17) is 14.3 Å². The number of hydrogen-bond donors (Lipinski definition) is 1. The Hall–Kier alpha value is -1.79. The monoisotopic (exact) mass is 354 g/mol. The Morgan fingerprint density at radius 3 is 2.48 bits per heavy atom. The third kappa shape index (κ3) is 4.25. The lowest BCUT2D eigenvalue weighted by Gasteiger charge is -2.25. The van der Waals surface area contributed by atoms with Crippen LogP contribution in [0.1, 0.15) is 53.9 Å². The molecule has 1 heterocycles. The molecule has 0 aromatic carbocycles. The normalized spacial score (nSPS) is 28.2. The largest absolute Gasteiger partial charge is 0.469 e. The van der Waals surface area contributed by atoms with Gasteiger partial charge in [-0.2, -0.15) is 0 Å². The van der Waals surface area contributed by atoms with Gasteiger partial charge in [-0.3, -0.25) is 4.79 Å². The number of carbonyl (C=O) groups excluding carboxylic acids is 2. The quantitative estimate of drug-likeness (QED) is 0.767. The molecule has 1 amide bonds. The van der Waals surface area contributed by atoms with Crippen molar-refractivity contribution in [3.8, 4) is 0 Å². The Kier molecular flexibility index (Phi) is 5.95. The minimum absolute atomic E-state index is 0.124. The number of nitrogens with zero attached hydrogens (tertiary/aromatic N) is 1. The van der Waals surface area contributed by atoms with Crippen LogP contribution in [0.4, 0.5) is 4.79 Å². The number of esters is 1. The van der Waals surface area contributed by atoms with Gasteiger partial charge >= 0.3 is 12.1 Å². The van der Waals surface area contributed by atoms with Crippen molar-refractivity contribution in [1.29, 1.82) is 0 Å². The van der Waals surface area contributed by atoms with E-state index in [1.807, 2.05) is 20.8 Å². The molecule has 25 heavy (non-hydrogen) atoms. The van der Waals surface area contributed by atoms with Gasteiger partial charge in [0.25, 0.3) is 0 Å². The van der Waals surface area contributed by atoms with Crippen molar-refractivity contribution in [2.45, 2.75) is 71.6 Å². The molecule has 0 aromatic rings. The highest BCUT2D eigenvalue weighted by Gasteiger charge is 2.55. The number of methoxy groups -OCH3 is 1. The minimum Gasteiger partial charge on any atom is -0.469 e. The molecule has 0 unspecified atom stereocenters. The first-order chi connectivity index (χ1) is 11.7. The summed E-state index contributed by atoms with van der Waals surface area (Å²) in [6, 6.07) is -0.259. The Bertz CT molecular complexity index is 536. The van der Waals surface area contributed by atoms with Crippen molar-refractivity contribution in [2.75, 3.05) is 7.11 Å². The van der Waals surface area contributed by atoms with E-state index in [1.54, 1.807) is 0 Å². The van der Waals surface area contributed by atoms with Gasteiger partial charge < -0.3 is 19.6 Å². The standard InChI is InChI=1S/C18H30N2O5/c1-7-10(8-2)14-13-12(19-17(22)24-18(3,4)5)9-11(16(21)23-6)15(13)25-20-14/h10-13,15H,7-9H2,1-6H3,(H,19,22)/t11-,12+,13-,15-/m0/s1. The van der Waals surface area contributed by atoms with Gasteiger partial charge in [-0.1, -0.05) is 19.0 Å².